The number of rotatable bonds is 6. The third kappa shape index (κ3) is 6.51. The zero-order valence-electron chi connectivity index (χ0n) is 7.77. The van der Waals surface area contributed by atoms with Crippen LogP contribution < -0.4 is 0 Å². The van der Waals surface area contributed by atoms with Crippen LogP contribution in [0, 0.1) is 0 Å². The molecule has 0 heterocycles. The predicted molar refractivity (Wildman–Crippen MR) is 45.7 cm³/mol. The average molecular weight is 210 g/mol. The molecule has 0 aliphatic rings. The van der Waals surface area contributed by atoms with E-state index in [0.29, 0.717) is 6.42 Å². The fourth-order valence-corrected chi connectivity index (χ4v) is 0.814. The van der Waals surface area contributed by atoms with E-state index in [1.54, 1.807) is 6.08 Å². The Morgan fingerprint density at radius 2 is 1.93 bits per heavy atom. The van der Waals surface area contributed by atoms with Crippen molar-refractivity contribution in [1.29, 1.82) is 0 Å². The van der Waals surface area contributed by atoms with Crippen LogP contribution in [0.1, 0.15) is 25.7 Å². The lowest BCUT2D eigenvalue weighted by Gasteiger charge is -2.06. The Morgan fingerprint density at radius 1 is 1.29 bits per heavy atom. The number of hydrogen-bond acceptors (Lipinski definition) is 2. The Balaban J connectivity index is 3.37. The largest absolute Gasteiger partial charge is 0.490 e. The van der Waals surface area contributed by atoms with Crippen molar-refractivity contribution in [3.63, 3.8) is 0 Å². The summed E-state index contributed by atoms with van der Waals surface area (Å²) in [5.41, 5.74) is 0. The fraction of sp³-hybridized carbons (Fsp3) is 0.667. The van der Waals surface area contributed by atoms with Gasteiger partial charge in [0.2, 0.25) is 0 Å². The van der Waals surface area contributed by atoms with E-state index >= 15 is 0 Å². The van der Waals surface area contributed by atoms with Crippen molar-refractivity contribution in [3.05, 3.63) is 12.7 Å². The van der Waals surface area contributed by atoms with Crippen LogP contribution in [0.25, 0.3) is 0 Å². The molecule has 0 spiro atoms. The van der Waals surface area contributed by atoms with E-state index in [-0.39, 0.29) is 6.61 Å². The van der Waals surface area contributed by atoms with Gasteiger partial charge in [-0.15, -0.1) is 6.58 Å². The minimum absolute atomic E-state index is 0.171. The number of carbonyl (C=O) groups excluding carboxylic acids is 1. The van der Waals surface area contributed by atoms with Crippen LogP contribution in [0.3, 0.4) is 0 Å². The average Bonchev–Trinajstić information content (AvgIpc) is 2.09. The highest BCUT2D eigenvalue weighted by molar-refractivity contribution is 5.75. The van der Waals surface area contributed by atoms with Crippen molar-refractivity contribution in [2.24, 2.45) is 0 Å². The smallest absolute Gasteiger partial charge is 0.459 e. The Hall–Kier alpha value is -1.00. The van der Waals surface area contributed by atoms with Crippen LogP contribution >= 0.6 is 0 Å². The molecule has 0 aromatic rings. The molecular formula is C9H13F3O2. The Bertz CT molecular complexity index is 187. The van der Waals surface area contributed by atoms with Gasteiger partial charge in [-0.25, -0.2) is 4.79 Å². The maximum absolute atomic E-state index is 11.6. The molecule has 2 nitrogen and oxygen atoms in total. The summed E-state index contributed by atoms with van der Waals surface area (Å²) in [5, 5.41) is 0. The summed E-state index contributed by atoms with van der Waals surface area (Å²) < 4.78 is 38.8. The predicted octanol–water partition coefficient (Wildman–Crippen LogP) is 2.84. The van der Waals surface area contributed by atoms with E-state index in [4.69, 9.17) is 0 Å². The molecule has 0 N–H and O–H groups in total. The first kappa shape index (κ1) is 13.0. The SMILES string of the molecule is C=CCCCCCOC(=O)C(F)(F)F. The van der Waals surface area contributed by atoms with Gasteiger partial charge in [-0.2, -0.15) is 13.2 Å². The number of unbranched alkanes of at least 4 members (excludes halogenated alkanes) is 3. The minimum Gasteiger partial charge on any atom is -0.459 e. The third-order valence-corrected chi connectivity index (χ3v) is 1.52. The maximum atomic E-state index is 11.6. The van der Waals surface area contributed by atoms with Gasteiger partial charge in [0.1, 0.15) is 0 Å². The standard InChI is InChI=1S/C9H13F3O2/c1-2-3-4-5-6-7-14-8(13)9(10,11)12/h2H,1,3-7H2. The molecule has 0 aliphatic carbocycles. The number of hydrogen-bond donors (Lipinski definition) is 0. The topological polar surface area (TPSA) is 26.3 Å². The minimum atomic E-state index is -4.87. The summed E-state index contributed by atoms with van der Waals surface area (Å²) in [6.07, 6.45) is -0.268. The lowest BCUT2D eigenvalue weighted by molar-refractivity contribution is -0.199. The third-order valence-electron chi connectivity index (χ3n) is 1.52. The number of carbonyl (C=O) groups is 1. The number of esters is 1. The second-order valence-corrected chi connectivity index (χ2v) is 2.77. The summed E-state index contributed by atoms with van der Waals surface area (Å²) in [4.78, 5) is 10.2. The zero-order valence-corrected chi connectivity index (χ0v) is 7.77. The van der Waals surface area contributed by atoms with Crippen molar-refractivity contribution in [2.75, 3.05) is 6.61 Å². The summed E-state index contributed by atoms with van der Waals surface area (Å²) in [5.74, 6) is -2.11. The van der Waals surface area contributed by atoms with E-state index in [0.717, 1.165) is 19.3 Å². The highest BCUT2D eigenvalue weighted by Gasteiger charge is 2.40. The van der Waals surface area contributed by atoms with Crippen molar-refractivity contribution in [3.8, 4) is 0 Å². The van der Waals surface area contributed by atoms with Gasteiger partial charge in [0.25, 0.3) is 0 Å². The number of halogens is 3. The molecule has 0 saturated heterocycles. The quantitative estimate of drug-likeness (QED) is 0.383. The number of allylic oxidation sites excluding steroid dienone is 1. The number of alkyl halides is 3. The van der Waals surface area contributed by atoms with Crippen LogP contribution in [-0.2, 0) is 9.53 Å². The second-order valence-electron chi connectivity index (χ2n) is 2.77. The Morgan fingerprint density at radius 3 is 2.43 bits per heavy atom. The highest BCUT2D eigenvalue weighted by atomic mass is 19.4. The lowest BCUT2D eigenvalue weighted by atomic mass is 10.2. The first-order valence-corrected chi connectivity index (χ1v) is 4.33. The van der Waals surface area contributed by atoms with E-state index in [2.05, 4.69) is 11.3 Å². The molecule has 0 aliphatic heterocycles. The zero-order chi connectivity index (χ0) is 11.0. The second kappa shape index (κ2) is 6.45. The molecular weight excluding hydrogens is 197 g/mol. The van der Waals surface area contributed by atoms with E-state index in [1.165, 1.54) is 0 Å². The van der Waals surface area contributed by atoms with Gasteiger partial charge < -0.3 is 4.74 Å². The number of ether oxygens (including phenoxy) is 1. The lowest BCUT2D eigenvalue weighted by Crippen LogP contribution is -2.25. The Labute approximate surface area is 80.7 Å². The molecule has 0 aromatic heterocycles. The summed E-state index contributed by atoms with van der Waals surface area (Å²) >= 11 is 0. The first-order valence-electron chi connectivity index (χ1n) is 4.33. The highest BCUT2D eigenvalue weighted by Crippen LogP contribution is 2.16. The van der Waals surface area contributed by atoms with Gasteiger partial charge in [-0.1, -0.05) is 6.08 Å². The van der Waals surface area contributed by atoms with Crippen molar-refractivity contribution in [2.45, 2.75) is 31.9 Å². The van der Waals surface area contributed by atoms with Crippen molar-refractivity contribution >= 4 is 5.97 Å². The van der Waals surface area contributed by atoms with E-state index in [9.17, 15) is 18.0 Å². The van der Waals surface area contributed by atoms with E-state index in [1.807, 2.05) is 0 Å². The molecule has 0 bridgehead atoms. The molecule has 82 valence electrons. The molecule has 0 unspecified atom stereocenters. The van der Waals surface area contributed by atoms with Gasteiger partial charge >= 0.3 is 12.1 Å². The molecule has 0 amide bonds. The van der Waals surface area contributed by atoms with Gasteiger partial charge in [-0.05, 0) is 25.7 Å². The van der Waals surface area contributed by atoms with Crippen LogP contribution in [0.4, 0.5) is 13.2 Å². The molecule has 0 fully saturated rings. The van der Waals surface area contributed by atoms with E-state index < -0.39 is 12.1 Å². The Kier molecular flexibility index (Phi) is 5.99. The summed E-state index contributed by atoms with van der Waals surface area (Å²) in [6, 6.07) is 0. The molecule has 0 rings (SSSR count). The normalized spacial score (nSPS) is 11.1. The van der Waals surface area contributed by atoms with Crippen LogP contribution in [0.5, 0.6) is 0 Å². The van der Waals surface area contributed by atoms with Gasteiger partial charge in [0.15, 0.2) is 0 Å². The van der Waals surface area contributed by atoms with Gasteiger partial charge in [0, 0.05) is 0 Å². The van der Waals surface area contributed by atoms with Crippen LogP contribution in [0.2, 0.25) is 0 Å². The van der Waals surface area contributed by atoms with Crippen molar-refractivity contribution < 1.29 is 22.7 Å². The monoisotopic (exact) mass is 210 g/mol. The maximum Gasteiger partial charge on any atom is 0.490 e. The van der Waals surface area contributed by atoms with Gasteiger partial charge in [-0.3, -0.25) is 0 Å². The molecule has 5 heteroatoms. The van der Waals surface area contributed by atoms with Crippen LogP contribution in [-0.4, -0.2) is 18.8 Å². The molecule has 0 radical (unpaired) electrons. The van der Waals surface area contributed by atoms with Gasteiger partial charge in [0.05, 0.1) is 6.61 Å². The summed E-state index contributed by atoms with van der Waals surface area (Å²) in [7, 11) is 0. The van der Waals surface area contributed by atoms with Crippen LogP contribution in [0.15, 0.2) is 12.7 Å². The molecule has 0 saturated carbocycles. The van der Waals surface area contributed by atoms with Crippen molar-refractivity contribution in [1.82, 2.24) is 0 Å². The molecule has 14 heavy (non-hydrogen) atoms. The molecule has 0 atom stereocenters. The summed E-state index contributed by atoms with van der Waals surface area (Å²) in [6.45, 7) is 3.33. The first-order chi connectivity index (χ1) is 6.48. The molecule has 0 aromatic carbocycles. The fourth-order valence-electron chi connectivity index (χ4n) is 0.814.